The summed E-state index contributed by atoms with van der Waals surface area (Å²) in [5.74, 6) is 1.80. The van der Waals surface area contributed by atoms with Crippen LogP contribution in [0.15, 0.2) is 78.9 Å². The zero-order valence-corrected chi connectivity index (χ0v) is 25.0. The first-order valence-electron chi connectivity index (χ1n) is 14.0. The fourth-order valence-corrected chi connectivity index (χ4v) is 6.78. The number of benzene rings is 3. The highest BCUT2D eigenvalue weighted by Gasteiger charge is 2.27. The van der Waals surface area contributed by atoms with Crippen LogP contribution in [0.4, 0.5) is 0 Å². The molecular weight excluding hydrogens is 534 g/mol. The van der Waals surface area contributed by atoms with Crippen LogP contribution in [0.25, 0.3) is 23.1 Å². The van der Waals surface area contributed by atoms with Gasteiger partial charge in [0.15, 0.2) is 0 Å². The molecule has 0 unspecified atom stereocenters. The molecule has 1 saturated carbocycles. The molecule has 0 N–H and O–H groups in total. The van der Waals surface area contributed by atoms with E-state index in [9.17, 15) is 4.79 Å². The fraction of sp³-hybridized carbons (Fsp3) is 0.314. The molecule has 0 spiro atoms. The van der Waals surface area contributed by atoms with E-state index in [1.54, 1.807) is 0 Å². The van der Waals surface area contributed by atoms with Crippen molar-refractivity contribution in [3.63, 3.8) is 0 Å². The van der Waals surface area contributed by atoms with E-state index in [1.807, 2.05) is 44.2 Å². The van der Waals surface area contributed by atoms with E-state index in [4.69, 9.17) is 21.3 Å². The number of ether oxygens (including phenoxy) is 1. The summed E-state index contributed by atoms with van der Waals surface area (Å²) in [6, 6.07) is 27.2. The number of aryl methyl sites for hydroxylation is 1. The van der Waals surface area contributed by atoms with E-state index in [-0.39, 0.29) is 5.97 Å². The van der Waals surface area contributed by atoms with Crippen LogP contribution in [-0.2, 0) is 21.6 Å². The summed E-state index contributed by atoms with van der Waals surface area (Å²) in [6.07, 6.45) is 8.86. The number of rotatable bonds is 11. The normalized spacial score (nSPS) is 14.5. The van der Waals surface area contributed by atoms with Gasteiger partial charge in [0.1, 0.15) is 5.60 Å². The molecule has 4 aromatic rings. The number of fused-ring (bicyclic) bond motifs is 1. The molecular formula is C35H36ClNO2S. The van der Waals surface area contributed by atoms with Gasteiger partial charge in [0.2, 0.25) is 0 Å². The maximum absolute atomic E-state index is 11.8. The van der Waals surface area contributed by atoms with Crippen LogP contribution in [0.1, 0.15) is 73.2 Å². The second-order valence-corrected chi connectivity index (χ2v) is 12.8. The number of carbonyl (C=O) groups is 1. The first-order chi connectivity index (χ1) is 19.3. The summed E-state index contributed by atoms with van der Waals surface area (Å²) >= 11 is 8.26. The van der Waals surface area contributed by atoms with Gasteiger partial charge in [-0.1, -0.05) is 78.3 Å². The Balaban J connectivity index is 1.34. The van der Waals surface area contributed by atoms with Gasteiger partial charge in [0.05, 0.1) is 11.2 Å². The maximum Gasteiger partial charge on any atom is 0.303 e. The van der Waals surface area contributed by atoms with E-state index >= 15 is 0 Å². The Hall–Kier alpha value is -3.08. The van der Waals surface area contributed by atoms with E-state index in [2.05, 4.69) is 72.4 Å². The van der Waals surface area contributed by atoms with Crippen molar-refractivity contribution in [1.82, 2.24) is 4.98 Å². The van der Waals surface area contributed by atoms with Crippen LogP contribution in [0.5, 0.6) is 0 Å². The number of aromatic nitrogens is 1. The molecule has 0 amide bonds. The molecule has 5 heteroatoms. The molecule has 1 aliphatic carbocycles. The van der Waals surface area contributed by atoms with Crippen LogP contribution in [0.2, 0.25) is 5.02 Å². The standard InChI is InChI=1S/C35H36ClNO2S/c1-24(38)39-35(2,3)32-10-5-4-8-27(32)16-20-34(40-23-26-11-12-26)29-9-6-7-25(21-29)13-18-31-19-15-28-14-17-30(36)22-33(28)37-31/h4-10,13-15,17-19,21-22,26,34H,11-12,16,20,23H2,1-3H3/b18-13-/t34-/m1/s1. The summed E-state index contributed by atoms with van der Waals surface area (Å²) in [7, 11) is 0. The summed E-state index contributed by atoms with van der Waals surface area (Å²) < 4.78 is 5.69. The van der Waals surface area contributed by atoms with Crippen molar-refractivity contribution in [1.29, 1.82) is 0 Å². The Morgan fingerprint density at radius 3 is 2.65 bits per heavy atom. The molecule has 1 heterocycles. The highest BCUT2D eigenvalue weighted by Crippen LogP contribution is 2.41. The van der Waals surface area contributed by atoms with E-state index < -0.39 is 5.60 Å². The molecule has 40 heavy (non-hydrogen) atoms. The van der Waals surface area contributed by atoms with Gasteiger partial charge in [0.25, 0.3) is 0 Å². The monoisotopic (exact) mass is 569 g/mol. The maximum atomic E-state index is 11.8. The van der Waals surface area contributed by atoms with Crippen molar-refractivity contribution in [2.75, 3.05) is 5.75 Å². The first kappa shape index (κ1) is 28.4. The van der Waals surface area contributed by atoms with Crippen molar-refractivity contribution in [2.45, 2.75) is 57.3 Å². The van der Waals surface area contributed by atoms with Crippen molar-refractivity contribution < 1.29 is 9.53 Å². The van der Waals surface area contributed by atoms with Crippen molar-refractivity contribution in [2.24, 2.45) is 5.92 Å². The quantitative estimate of drug-likeness (QED) is 0.168. The minimum absolute atomic E-state index is 0.259. The Labute approximate surface area is 247 Å². The molecule has 0 saturated heterocycles. The molecule has 0 radical (unpaired) electrons. The summed E-state index contributed by atoms with van der Waals surface area (Å²) in [6.45, 7) is 5.42. The van der Waals surface area contributed by atoms with Gasteiger partial charge in [0, 0.05) is 22.6 Å². The smallest absolute Gasteiger partial charge is 0.303 e. The number of pyridine rings is 1. The Kier molecular flexibility index (Phi) is 8.97. The summed E-state index contributed by atoms with van der Waals surface area (Å²) in [5, 5.41) is 2.16. The number of hydrogen-bond donors (Lipinski definition) is 0. The lowest BCUT2D eigenvalue weighted by atomic mass is 9.90. The minimum Gasteiger partial charge on any atom is -0.455 e. The largest absolute Gasteiger partial charge is 0.455 e. The molecule has 1 aliphatic rings. The van der Waals surface area contributed by atoms with Crippen LogP contribution in [0, 0.1) is 5.92 Å². The molecule has 3 nitrogen and oxygen atoms in total. The predicted octanol–water partition coefficient (Wildman–Crippen LogP) is 9.67. The second-order valence-electron chi connectivity index (χ2n) is 11.1. The van der Waals surface area contributed by atoms with Gasteiger partial charge in [-0.25, -0.2) is 4.98 Å². The predicted molar refractivity (Wildman–Crippen MR) is 170 cm³/mol. The van der Waals surface area contributed by atoms with E-state index in [0.717, 1.165) is 40.9 Å². The van der Waals surface area contributed by atoms with E-state index in [0.29, 0.717) is 10.3 Å². The molecule has 206 valence electrons. The van der Waals surface area contributed by atoms with E-state index in [1.165, 1.54) is 42.2 Å². The highest BCUT2D eigenvalue weighted by molar-refractivity contribution is 7.99. The third-order valence-electron chi connectivity index (χ3n) is 7.38. The third-order valence-corrected chi connectivity index (χ3v) is 9.18. The molecule has 3 aromatic carbocycles. The Morgan fingerprint density at radius 2 is 1.85 bits per heavy atom. The molecule has 1 atom stereocenters. The number of carbonyl (C=O) groups excluding carboxylic acids is 1. The van der Waals surface area contributed by atoms with Crippen LogP contribution in [0.3, 0.4) is 0 Å². The van der Waals surface area contributed by atoms with Crippen LogP contribution >= 0.6 is 23.4 Å². The second kappa shape index (κ2) is 12.6. The number of esters is 1. The minimum atomic E-state index is -0.661. The molecule has 0 aliphatic heterocycles. The van der Waals surface area contributed by atoms with Crippen molar-refractivity contribution in [3.8, 4) is 0 Å². The Morgan fingerprint density at radius 1 is 1.05 bits per heavy atom. The lowest BCUT2D eigenvalue weighted by Gasteiger charge is -2.28. The van der Waals surface area contributed by atoms with Crippen molar-refractivity contribution in [3.05, 3.63) is 112 Å². The number of nitrogens with zero attached hydrogens (tertiary/aromatic N) is 1. The highest BCUT2D eigenvalue weighted by atomic mass is 35.5. The van der Waals surface area contributed by atoms with Crippen LogP contribution < -0.4 is 0 Å². The van der Waals surface area contributed by atoms with Gasteiger partial charge >= 0.3 is 5.97 Å². The first-order valence-corrected chi connectivity index (χ1v) is 15.4. The third kappa shape index (κ3) is 7.56. The zero-order chi connectivity index (χ0) is 28.1. The van der Waals surface area contributed by atoms with Gasteiger partial charge in [-0.2, -0.15) is 11.8 Å². The fourth-order valence-electron chi connectivity index (χ4n) is 5.15. The average Bonchev–Trinajstić information content (AvgIpc) is 3.76. The van der Waals surface area contributed by atoms with Crippen molar-refractivity contribution >= 4 is 52.4 Å². The topological polar surface area (TPSA) is 39.2 Å². The number of halogens is 1. The van der Waals surface area contributed by atoms with Crippen LogP contribution in [-0.4, -0.2) is 16.7 Å². The SMILES string of the molecule is CC(=O)OC(C)(C)c1ccccc1CC[C@@H](SCC1CC1)c1cccc(/C=C\c2ccc3ccc(Cl)cc3n2)c1. The molecule has 1 fully saturated rings. The molecule has 0 bridgehead atoms. The number of hydrogen-bond acceptors (Lipinski definition) is 4. The average molecular weight is 570 g/mol. The lowest BCUT2D eigenvalue weighted by molar-refractivity contribution is -0.154. The van der Waals surface area contributed by atoms with Gasteiger partial charge in [-0.05, 0) is 97.7 Å². The molecule has 5 rings (SSSR count). The van der Waals surface area contributed by atoms with Gasteiger partial charge < -0.3 is 4.74 Å². The van der Waals surface area contributed by atoms with Gasteiger partial charge in [-0.3, -0.25) is 4.79 Å². The Bertz CT molecular complexity index is 1530. The summed E-state index contributed by atoms with van der Waals surface area (Å²) in [4.78, 5) is 16.5. The lowest BCUT2D eigenvalue weighted by Crippen LogP contribution is -2.25. The summed E-state index contributed by atoms with van der Waals surface area (Å²) in [5.41, 5.74) is 5.98. The zero-order valence-electron chi connectivity index (χ0n) is 23.4. The van der Waals surface area contributed by atoms with Gasteiger partial charge in [-0.15, -0.1) is 0 Å². The number of thioether (sulfide) groups is 1. The molecule has 1 aromatic heterocycles.